The van der Waals surface area contributed by atoms with E-state index in [1.165, 1.54) is 18.7 Å². The van der Waals surface area contributed by atoms with E-state index in [1.54, 1.807) is 13.8 Å². The number of benzene rings is 1. The van der Waals surface area contributed by atoms with Crippen LogP contribution in [0.15, 0.2) is 24.3 Å². The Bertz CT molecular complexity index is 616. The van der Waals surface area contributed by atoms with Gasteiger partial charge in [0.15, 0.2) is 4.87 Å². The first-order chi connectivity index (χ1) is 12.1. The molecule has 1 aromatic carbocycles. The van der Waals surface area contributed by atoms with Gasteiger partial charge in [-0.05, 0) is 38.5 Å². The fraction of sp³-hybridized carbons (Fsp3) is 0.579. The van der Waals surface area contributed by atoms with Gasteiger partial charge in [0.05, 0.1) is 5.41 Å². The van der Waals surface area contributed by atoms with Gasteiger partial charge in [0.1, 0.15) is 0 Å². The summed E-state index contributed by atoms with van der Waals surface area (Å²) in [6, 6.07) is 8.10. The minimum Gasteiger partial charge on any atom is -0.479 e. The Morgan fingerprint density at radius 3 is 2.12 bits per heavy atom. The van der Waals surface area contributed by atoms with Crippen molar-refractivity contribution in [3.05, 3.63) is 29.8 Å². The number of carbonyl (C=O) groups is 2. The zero-order valence-electron chi connectivity index (χ0n) is 16.2. The van der Waals surface area contributed by atoms with Crippen LogP contribution in [-0.2, 0) is 15.3 Å². The van der Waals surface area contributed by atoms with Crippen molar-refractivity contribution < 1.29 is 14.7 Å². The standard InChI is InChI=1S/C19H30N2O3S2/c1-6-21(7-2)15-10-8-14(9-11-15)12-26-19(5,17(23)24)20-16(22)18(3,4)13-25/h8-11,25H,6-7,12-13H2,1-5H3,(H,20,22)(H,23,24). The number of thioether (sulfide) groups is 1. The number of carboxylic acids is 1. The molecule has 1 unspecified atom stereocenters. The number of anilines is 1. The van der Waals surface area contributed by atoms with Gasteiger partial charge in [0, 0.05) is 30.3 Å². The molecule has 0 aliphatic heterocycles. The summed E-state index contributed by atoms with van der Waals surface area (Å²) in [7, 11) is 0. The number of thiol groups is 1. The Hall–Kier alpha value is -1.34. The maximum atomic E-state index is 12.4. The van der Waals surface area contributed by atoms with Crippen LogP contribution in [0.2, 0.25) is 0 Å². The Morgan fingerprint density at radius 2 is 1.69 bits per heavy atom. The molecular weight excluding hydrogens is 368 g/mol. The van der Waals surface area contributed by atoms with Crippen molar-refractivity contribution >= 4 is 42.0 Å². The molecule has 0 aliphatic rings. The SMILES string of the molecule is CCN(CC)c1ccc(CSC(C)(NC(=O)C(C)(C)CS)C(=O)O)cc1. The number of carboxylic acid groups (broad SMARTS) is 1. The van der Waals surface area contributed by atoms with E-state index in [1.807, 2.05) is 24.3 Å². The molecule has 0 bridgehead atoms. The quantitative estimate of drug-likeness (QED) is 0.415. The predicted octanol–water partition coefficient (Wildman–Crippen LogP) is 3.64. The highest BCUT2D eigenvalue weighted by Gasteiger charge is 2.39. The van der Waals surface area contributed by atoms with E-state index in [4.69, 9.17) is 0 Å². The number of aliphatic carboxylic acids is 1. The van der Waals surface area contributed by atoms with Gasteiger partial charge >= 0.3 is 5.97 Å². The minimum atomic E-state index is -1.39. The van der Waals surface area contributed by atoms with Crippen LogP contribution in [0.4, 0.5) is 5.69 Å². The summed E-state index contributed by atoms with van der Waals surface area (Å²) in [5.74, 6) is -0.554. The monoisotopic (exact) mass is 398 g/mol. The second-order valence-corrected chi connectivity index (χ2v) is 8.67. The molecule has 2 N–H and O–H groups in total. The number of nitrogens with zero attached hydrogens (tertiary/aromatic N) is 1. The molecule has 1 atom stereocenters. The molecule has 0 aromatic heterocycles. The van der Waals surface area contributed by atoms with Gasteiger partial charge in [-0.2, -0.15) is 12.6 Å². The average Bonchev–Trinajstić information content (AvgIpc) is 2.61. The molecule has 1 aromatic rings. The second kappa shape index (κ2) is 9.55. The van der Waals surface area contributed by atoms with Gasteiger partial charge in [-0.1, -0.05) is 26.0 Å². The molecule has 5 nitrogen and oxygen atoms in total. The van der Waals surface area contributed by atoms with Crippen LogP contribution in [0, 0.1) is 5.41 Å². The Balaban J connectivity index is 2.83. The van der Waals surface area contributed by atoms with E-state index >= 15 is 0 Å². The summed E-state index contributed by atoms with van der Waals surface area (Å²) in [5.41, 5.74) is 1.43. The zero-order valence-corrected chi connectivity index (χ0v) is 17.9. The molecule has 26 heavy (non-hydrogen) atoms. The van der Waals surface area contributed by atoms with Gasteiger partial charge < -0.3 is 15.3 Å². The van der Waals surface area contributed by atoms with Crippen LogP contribution in [0.3, 0.4) is 0 Å². The normalized spacial score (nSPS) is 13.8. The molecule has 7 heteroatoms. The molecule has 1 rings (SSSR count). The topological polar surface area (TPSA) is 69.6 Å². The van der Waals surface area contributed by atoms with E-state index in [9.17, 15) is 14.7 Å². The largest absolute Gasteiger partial charge is 0.479 e. The van der Waals surface area contributed by atoms with Crippen LogP contribution in [0.1, 0.15) is 40.2 Å². The summed E-state index contributed by atoms with van der Waals surface area (Å²) >= 11 is 5.37. The van der Waals surface area contributed by atoms with Gasteiger partial charge in [-0.25, -0.2) is 4.79 Å². The zero-order chi connectivity index (χ0) is 20.0. The van der Waals surface area contributed by atoms with Crippen LogP contribution in [0.5, 0.6) is 0 Å². The van der Waals surface area contributed by atoms with Gasteiger partial charge in [0.2, 0.25) is 5.91 Å². The van der Waals surface area contributed by atoms with Crippen LogP contribution in [0.25, 0.3) is 0 Å². The fourth-order valence-corrected chi connectivity index (χ4v) is 3.31. The van der Waals surface area contributed by atoms with Crippen molar-refractivity contribution in [3.63, 3.8) is 0 Å². The van der Waals surface area contributed by atoms with Crippen molar-refractivity contribution in [2.75, 3.05) is 23.7 Å². The first kappa shape index (κ1) is 22.7. The van der Waals surface area contributed by atoms with Crippen LogP contribution < -0.4 is 10.2 Å². The highest BCUT2D eigenvalue weighted by atomic mass is 32.2. The van der Waals surface area contributed by atoms with Gasteiger partial charge in [-0.15, -0.1) is 11.8 Å². The molecule has 0 aliphatic carbocycles. The molecular formula is C19H30N2O3S2. The third kappa shape index (κ3) is 5.84. The van der Waals surface area contributed by atoms with Crippen LogP contribution in [-0.4, -0.2) is 40.7 Å². The maximum Gasteiger partial charge on any atom is 0.339 e. The number of hydrogen-bond acceptors (Lipinski definition) is 5. The van der Waals surface area contributed by atoms with Crippen molar-refractivity contribution in [3.8, 4) is 0 Å². The summed E-state index contributed by atoms with van der Waals surface area (Å²) in [4.78, 5) is 25.0. The molecule has 0 saturated heterocycles. The van der Waals surface area contributed by atoms with Crippen molar-refractivity contribution in [2.45, 2.75) is 45.2 Å². The minimum absolute atomic E-state index is 0.318. The molecule has 0 saturated carbocycles. The fourth-order valence-electron chi connectivity index (χ4n) is 2.23. The first-order valence-corrected chi connectivity index (χ1v) is 10.4. The number of nitrogens with one attached hydrogen (secondary N) is 1. The highest BCUT2D eigenvalue weighted by Crippen LogP contribution is 2.29. The summed E-state index contributed by atoms with van der Waals surface area (Å²) in [6.45, 7) is 11.1. The van der Waals surface area contributed by atoms with Crippen molar-refractivity contribution in [1.29, 1.82) is 0 Å². The smallest absolute Gasteiger partial charge is 0.339 e. The maximum absolute atomic E-state index is 12.4. The lowest BCUT2D eigenvalue weighted by molar-refractivity contribution is -0.144. The molecule has 0 fully saturated rings. The number of amides is 1. The lowest BCUT2D eigenvalue weighted by atomic mass is 9.95. The van der Waals surface area contributed by atoms with Gasteiger partial charge in [-0.3, -0.25) is 4.79 Å². The Kier molecular flexibility index (Phi) is 8.34. The third-order valence-electron chi connectivity index (χ3n) is 4.36. The molecule has 0 radical (unpaired) electrons. The summed E-state index contributed by atoms with van der Waals surface area (Å²) in [6.07, 6.45) is 0. The number of carbonyl (C=O) groups excluding carboxylic acids is 1. The van der Waals surface area contributed by atoms with Crippen molar-refractivity contribution in [1.82, 2.24) is 5.32 Å². The Labute approximate surface area is 166 Å². The lowest BCUT2D eigenvalue weighted by Gasteiger charge is -2.30. The van der Waals surface area contributed by atoms with Gasteiger partial charge in [0.25, 0.3) is 0 Å². The van der Waals surface area contributed by atoms with Crippen molar-refractivity contribution in [2.24, 2.45) is 5.41 Å². The molecule has 0 spiro atoms. The molecule has 1 amide bonds. The molecule has 146 valence electrons. The van der Waals surface area contributed by atoms with Crippen LogP contribution >= 0.6 is 24.4 Å². The number of hydrogen-bond donors (Lipinski definition) is 3. The average molecular weight is 399 g/mol. The lowest BCUT2D eigenvalue weighted by Crippen LogP contribution is -2.53. The Morgan fingerprint density at radius 1 is 1.15 bits per heavy atom. The second-order valence-electron chi connectivity index (χ2n) is 6.96. The summed E-state index contributed by atoms with van der Waals surface area (Å²) < 4.78 is 0. The predicted molar refractivity (Wildman–Crippen MR) is 113 cm³/mol. The highest BCUT2D eigenvalue weighted by molar-refractivity contribution is 8.00. The number of rotatable bonds is 10. The van der Waals surface area contributed by atoms with E-state index < -0.39 is 16.3 Å². The first-order valence-electron chi connectivity index (χ1n) is 8.74. The summed E-state index contributed by atoms with van der Waals surface area (Å²) in [5, 5.41) is 12.3. The van der Waals surface area contributed by atoms with E-state index in [0.29, 0.717) is 11.5 Å². The van der Waals surface area contributed by atoms with E-state index in [2.05, 4.69) is 36.7 Å². The third-order valence-corrected chi connectivity index (χ3v) is 6.48. The van der Waals surface area contributed by atoms with E-state index in [0.717, 1.165) is 24.3 Å². The molecule has 0 heterocycles. The van der Waals surface area contributed by atoms with E-state index in [-0.39, 0.29) is 5.91 Å².